The van der Waals surface area contributed by atoms with Crippen molar-refractivity contribution in [3.05, 3.63) is 0 Å². The van der Waals surface area contributed by atoms with E-state index < -0.39 is 0 Å². The van der Waals surface area contributed by atoms with E-state index in [-0.39, 0.29) is 0 Å². The van der Waals surface area contributed by atoms with E-state index in [9.17, 15) is 0 Å². The van der Waals surface area contributed by atoms with Crippen LogP contribution >= 0.6 is 0 Å². The van der Waals surface area contributed by atoms with Crippen LogP contribution in [0, 0.1) is 5.92 Å². The standard InChI is InChI=1S/C12H24N2/c13-12-7-3-2-6-11(12)10-14-8-4-1-5-9-14/h11-12H,1-10,13H2/p+1/t11-,12?/m0/s1. The average Bonchev–Trinajstić information content (AvgIpc) is 2.23. The summed E-state index contributed by atoms with van der Waals surface area (Å²) in [5, 5.41) is 0. The summed E-state index contributed by atoms with van der Waals surface area (Å²) in [5.41, 5.74) is 4.32. The van der Waals surface area contributed by atoms with Gasteiger partial charge in [-0.2, -0.15) is 0 Å². The lowest BCUT2D eigenvalue weighted by atomic mass is 9.84. The van der Waals surface area contributed by atoms with E-state index in [1.165, 1.54) is 64.6 Å². The molecule has 2 heteroatoms. The summed E-state index contributed by atoms with van der Waals surface area (Å²) in [6.45, 7) is 4.04. The summed E-state index contributed by atoms with van der Waals surface area (Å²) in [6, 6.07) is 0.741. The molecule has 1 saturated heterocycles. The molecule has 14 heavy (non-hydrogen) atoms. The summed E-state index contributed by atoms with van der Waals surface area (Å²) in [7, 11) is 0. The van der Waals surface area contributed by atoms with Crippen LogP contribution in [0.4, 0.5) is 0 Å². The lowest BCUT2D eigenvalue weighted by Crippen LogP contribution is -2.66. The third-order valence-corrected chi connectivity index (χ3v) is 4.01. The predicted molar refractivity (Wildman–Crippen MR) is 58.9 cm³/mol. The molecule has 3 N–H and O–H groups in total. The highest BCUT2D eigenvalue weighted by Gasteiger charge is 2.26. The van der Waals surface area contributed by atoms with Gasteiger partial charge in [-0.25, -0.2) is 0 Å². The molecule has 2 atom stereocenters. The number of likely N-dealkylation sites (tertiary alicyclic amines) is 1. The Balaban J connectivity index is 1.76. The minimum absolute atomic E-state index is 0.741. The highest BCUT2D eigenvalue weighted by molar-refractivity contribution is 4.77. The number of quaternary nitrogens is 1. The molecule has 1 heterocycles. The van der Waals surface area contributed by atoms with Gasteiger partial charge in [0.05, 0.1) is 6.04 Å². The molecule has 82 valence electrons. The summed E-state index contributed by atoms with van der Waals surface area (Å²) < 4.78 is 0. The van der Waals surface area contributed by atoms with E-state index >= 15 is 0 Å². The molecule has 0 aromatic rings. The lowest BCUT2D eigenvalue weighted by molar-refractivity contribution is -0.438. The first kappa shape index (κ1) is 10.4. The molecule has 1 aliphatic carbocycles. The van der Waals surface area contributed by atoms with Crippen molar-refractivity contribution in [1.29, 1.82) is 0 Å². The van der Waals surface area contributed by atoms with Gasteiger partial charge in [0, 0.05) is 12.5 Å². The second-order valence-electron chi connectivity index (χ2n) is 5.17. The van der Waals surface area contributed by atoms with Crippen molar-refractivity contribution in [3.63, 3.8) is 0 Å². The maximum absolute atomic E-state index is 4.32. The predicted octanol–water partition coefficient (Wildman–Crippen LogP) is 1.27. The Labute approximate surface area is 87.8 Å². The Bertz CT molecular complexity index is 164. The zero-order valence-electron chi connectivity index (χ0n) is 9.38. The summed E-state index contributed by atoms with van der Waals surface area (Å²) in [5.74, 6) is 0.904. The molecule has 2 nitrogen and oxygen atoms in total. The topological polar surface area (TPSA) is 30.9 Å². The molecular weight excluding hydrogens is 172 g/mol. The van der Waals surface area contributed by atoms with E-state index in [0.29, 0.717) is 0 Å². The van der Waals surface area contributed by atoms with Crippen molar-refractivity contribution in [3.8, 4) is 0 Å². The summed E-state index contributed by atoms with van der Waals surface area (Å²) in [6.07, 6.45) is 9.98. The van der Waals surface area contributed by atoms with Gasteiger partial charge in [0.2, 0.25) is 0 Å². The van der Waals surface area contributed by atoms with Crippen LogP contribution in [0.25, 0.3) is 0 Å². The Morgan fingerprint density at radius 3 is 2.36 bits per heavy atom. The highest BCUT2D eigenvalue weighted by Crippen LogP contribution is 2.23. The molecule has 2 fully saturated rings. The molecule has 0 amide bonds. The third-order valence-electron chi connectivity index (χ3n) is 4.01. The van der Waals surface area contributed by atoms with Crippen molar-refractivity contribution in [2.45, 2.75) is 51.0 Å². The van der Waals surface area contributed by atoms with Crippen LogP contribution in [0.1, 0.15) is 44.9 Å². The largest absolute Gasteiger partial charge is 0.355 e. The third kappa shape index (κ3) is 2.71. The molecule has 2 aliphatic rings. The van der Waals surface area contributed by atoms with Crippen LogP contribution in [0.15, 0.2) is 0 Å². The van der Waals surface area contributed by atoms with E-state index in [2.05, 4.69) is 10.6 Å². The highest BCUT2D eigenvalue weighted by atomic mass is 15.1. The monoisotopic (exact) mass is 197 g/mol. The Morgan fingerprint density at radius 2 is 1.64 bits per heavy atom. The van der Waals surface area contributed by atoms with Crippen LogP contribution < -0.4 is 5.73 Å². The van der Waals surface area contributed by atoms with E-state index in [1.54, 1.807) is 0 Å². The second kappa shape index (κ2) is 5.13. The molecular formula is C12H25N2+. The van der Waals surface area contributed by atoms with Gasteiger partial charge in [-0.3, -0.25) is 0 Å². The fourth-order valence-corrected chi connectivity index (χ4v) is 3.00. The SMILES string of the molecule is [NH3+]C1CCCC[C@H]1CN1CCCCC1. The fraction of sp³-hybridized carbons (Fsp3) is 1.00. The van der Waals surface area contributed by atoms with Gasteiger partial charge in [0.15, 0.2) is 0 Å². The number of piperidine rings is 1. The quantitative estimate of drug-likeness (QED) is 0.710. The smallest absolute Gasteiger partial charge is 0.0884 e. The Hall–Kier alpha value is -0.0800. The molecule has 0 bridgehead atoms. The maximum Gasteiger partial charge on any atom is 0.0884 e. The molecule has 0 aromatic carbocycles. The van der Waals surface area contributed by atoms with Crippen molar-refractivity contribution in [1.82, 2.24) is 4.90 Å². The van der Waals surface area contributed by atoms with Gasteiger partial charge >= 0.3 is 0 Å². The molecule has 1 unspecified atom stereocenters. The zero-order chi connectivity index (χ0) is 9.80. The normalized spacial score (nSPS) is 35.8. The van der Waals surface area contributed by atoms with E-state index in [4.69, 9.17) is 0 Å². The number of rotatable bonds is 2. The first-order valence-corrected chi connectivity index (χ1v) is 6.42. The van der Waals surface area contributed by atoms with Crippen LogP contribution in [0.2, 0.25) is 0 Å². The number of nitrogens with zero attached hydrogens (tertiary/aromatic N) is 1. The minimum atomic E-state index is 0.741. The van der Waals surface area contributed by atoms with Gasteiger partial charge in [-0.15, -0.1) is 0 Å². The molecule has 2 rings (SSSR count). The number of hydrogen-bond donors (Lipinski definition) is 1. The number of hydrogen-bond acceptors (Lipinski definition) is 1. The second-order valence-corrected chi connectivity index (χ2v) is 5.17. The Morgan fingerprint density at radius 1 is 0.929 bits per heavy atom. The van der Waals surface area contributed by atoms with Crippen molar-refractivity contribution in [2.75, 3.05) is 19.6 Å². The van der Waals surface area contributed by atoms with Crippen molar-refractivity contribution in [2.24, 2.45) is 5.92 Å². The molecule has 1 aliphatic heterocycles. The molecule has 0 radical (unpaired) electrons. The zero-order valence-corrected chi connectivity index (χ0v) is 9.38. The first-order chi connectivity index (χ1) is 6.86. The first-order valence-electron chi connectivity index (χ1n) is 6.42. The van der Waals surface area contributed by atoms with Crippen LogP contribution in [0.5, 0.6) is 0 Å². The summed E-state index contributed by atoms with van der Waals surface area (Å²) >= 11 is 0. The van der Waals surface area contributed by atoms with Crippen LogP contribution in [-0.4, -0.2) is 30.6 Å². The van der Waals surface area contributed by atoms with Crippen molar-refractivity contribution >= 4 is 0 Å². The van der Waals surface area contributed by atoms with Crippen molar-refractivity contribution < 1.29 is 5.73 Å². The average molecular weight is 197 g/mol. The van der Waals surface area contributed by atoms with Crippen LogP contribution in [-0.2, 0) is 0 Å². The van der Waals surface area contributed by atoms with Crippen LogP contribution in [0.3, 0.4) is 0 Å². The van der Waals surface area contributed by atoms with Gasteiger partial charge in [-0.05, 0) is 45.2 Å². The Kier molecular flexibility index (Phi) is 3.82. The summed E-state index contributed by atoms with van der Waals surface area (Å²) in [4.78, 5) is 2.68. The molecule has 0 spiro atoms. The van der Waals surface area contributed by atoms with Gasteiger partial charge in [0.1, 0.15) is 0 Å². The lowest BCUT2D eigenvalue weighted by Gasteiger charge is -2.33. The fourth-order valence-electron chi connectivity index (χ4n) is 3.00. The maximum atomic E-state index is 4.32. The van der Waals surface area contributed by atoms with E-state index in [1.807, 2.05) is 0 Å². The van der Waals surface area contributed by atoms with Gasteiger partial charge in [0.25, 0.3) is 0 Å². The van der Waals surface area contributed by atoms with Gasteiger partial charge < -0.3 is 10.6 Å². The van der Waals surface area contributed by atoms with Gasteiger partial charge in [-0.1, -0.05) is 12.8 Å². The minimum Gasteiger partial charge on any atom is -0.355 e. The van der Waals surface area contributed by atoms with E-state index in [0.717, 1.165) is 12.0 Å². The molecule has 0 aromatic heterocycles. The molecule has 1 saturated carbocycles.